The summed E-state index contributed by atoms with van der Waals surface area (Å²) in [6.45, 7) is 2.25. The maximum atomic E-state index is 8.86. The minimum Gasteiger partial charge on any atom is -0.491 e. The third-order valence-corrected chi connectivity index (χ3v) is 3.94. The topological polar surface area (TPSA) is 63.4 Å². The van der Waals surface area contributed by atoms with Crippen LogP contribution in [0.3, 0.4) is 0 Å². The summed E-state index contributed by atoms with van der Waals surface area (Å²) in [4.78, 5) is 2.06. The molecule has 0 unspecified atom stereocenters. The van der Waals surface area contributed by atoms with Gasteiger partial charge in [-0.15, -0.1) is 5.10 Å². The average Bonchev–Trinajstić information content (AvgIpc) is 3.11. The van der Waals surface area contributed by atoms with Gasteiger partial charge in [0.1, 0.15) is 18.1 Å². The first-order chi connectivity index (χ1) is 12.1. The quantitative estimate of drug-likeness (QED) is 0.749. The Kier molecular flexibility index (Phi) is 5.00. The number of ether oxygens (including phenoxy) is 1. The second kappa shape index (κ2) is 7.36. The monoisotopic (exact) mass is 338 g/mol. The molecule has 25 heavy (non-hydrogen) atoms. The van der Waals surface area contributed by atoms with Gasteiger partial charge >= 0.3 is 0 Å². The molecule has 0 amide bonds. The summed E-state index contributed by atoms with van der Waals surface area (Å²) in [5.74, 6) is 0.761. The number of rotatable bonds is 6. The van der Waals surface area contributed by atoms with Crippen LogP contribution in [0.2, 0.25) is 0 Å². The van der Waals surface area contributed by atoms with Gasteiger partial charge in [-0.05, 0) is 42.8 Å². The zero-order chi connectivity index (χ0) is 17.8. The van der Waals surface area contributed by atoms with Crippen LogP contribution in [0.4, 0.5) is 5.69 Å². The van der Waals surface area contributed by atoms with Gasteiger partial charge in [0, 0.05) is 25.3 Å². The second-order valence-corrected chi connectivity index (χ2v) is 6.01. The lowest BCUT2D eigenvalue weighted by Crippen LogP contribution is -2.07. The Morgan fingerprint density at radius 2 is 1.88 bits per heavy atom. The normalized spacial score (nSPS) is 10.7. The van der Waals surface area contributed by atoms with Crippen LogP contribution < -0.4 is 9.64 Å². The predicted octanol–water partition coefficient (Wildman–Crippen LogP) is 2.68. The molecule has 130 valence electrons. The molecule has 0 fully saturated rings. The van der Waals surface area contributed by atoms with Crippen LogP contribution in [0.1, 0.15) is 5.56 Å². The van der Waals surface area contributed by atoms with Gasteiger partial charge in [-0.25, -0.2) is 4.68 Å². The number of aromatic nitrogens is 3. The minimum atomic E-state index is 0.000238. The minimum absolute atomic E-state index is 0.000238. The van der Waals surface area contributed by atoms with Gasteiger partial charge in [-0.2, -0.15) is 0 Å². The first kappa shape index (κ1) is 17.0. The molecule has 0 saturated carbocycles. The Bertz CT molecular complexity index is 841. The summed E-state index contributed by atoms with van der Waals surface area (Å²) < 4.78 is 7.23. The van der Waals surface area contributed by atoms with Crippen LogP contribution in [0.25, 0.3) is 16.9 Å². The van der Waals surface area contributed by atoms with Crippen LogP contribution in [0.15, 0.2) is 48.7 Å². The first-order valence-corrected chi connectivity index (χ1v) is 8.13. The van der Waals surface area contributed by atoms with Crippen LogP contribution in [-0.2, 0) is 0 Å². The number of benzene rings is 2. The van der Waals surface area contributed by atoms with Crippen molar-refractivity contribution >= 4 is 5.69 Å². The van der Waals surface area contributed by atoms with E-state index in [1.165, 1.54) is 0 Å². The fourth-order valence-electron chi connectivity index (χ4n) is 2.55. The van der Waals surface area contributed by atoms with E-state index in [9.17, 15) is 0 Å². The molecule has 0 radical (unpaired) electrons. The van der Waals surface area contributed by atoms with Crippen molar-refractivity contribution in [3.8, 4) is 22.7 Å². The Hall–Kier alpha value is -2.86. The Labute approximate surface area is 147 Å². The lowest BCUT2D eigenvalue weighted by atomic mass is 10.1. The first-order valence-electron chi connectivity index (χ1n) is 8.13. The van der Waals surface area contributed by atoms with Crippen molar-refractivity contribution in [3.63, 3.8) is 0 Å². The fraction of sp³-hybridized carbons (Fsp3) is 0.263. The van der Waals surface area contributed by atoms with E-state index in [1.54, 1.807) is 4.68 Å². The highest BCUT2D eigenvalue weighted by atomic mass is 16.5. The lowest BCUT2D eigenvalue weighted by Gasteiger charge is -2.11. The molecule has 1 N–H and O–H groups in total. The summed E-state index contributed by atoms with van der Waals surface area (Å²) in [5.41, 5.74) is 4.89. The summed E-state index contributed by atoms with van der Waals surface area (Å²) in [6, 6.07) is 14.0. The summed E-state index contributed by atoms with van der Waals surface area (Å²) in [6.07, 6.45) is 1.91. The maximum absolute atomic E-state index is 8.86. The molecule has 3 aromatic rings. The van der Waals surface area contributed by atoms with Crippen LogP contribution in [0.5, 0.6) is 5.75 Å². The van der Waals surface area contributed by atoms with Crippen molar-refractivity contribution in [2.75, 3.05) is 32.2 Å². The summed E-state index contributed by atoms with van der Waals surface area (Å²) in [5, 5.41) is 17.4. The van der Waals surface area contributed by atoms with E-state index < -0.39 is 0 Å². The van der Waals surface area contributed by atoms with Gasteiger partial charge in [-0.3, -0.25) is 0 Å². The van der Waals surface area contributed by atoms with Crippen LogP contribution >= 0.6 is 0 Å². The van der Waals surface area contributed by atoms with Gasteiger partial charge in [0.2, 0.25) is 0 Å². The molecule has 0 aliphatic heterocycles. The molecule has 6 nitrogen and oxygen atoms in total. The van der Waals surface area contributed by atoms with Gasteiger partial charge in [-0.1, -0.05) is 17.3 Å². The van der Waals surface area contributed by atoms with E-state index in [0.29, 0.717) is 0 Å². The van der Waals surface area contributed by atoms with Crippen molar-refractivity contribution in [1.29, 1.82) is 0 Å². The summed E-state index contributed by atoms with van der Waals surface area (Å²) >= 11 is 0. The molecule has 6 heteroatoms. The molecule has 0 atom stereocenters. The van der Waals surface area contributed by atoms with Gasteiger partial charge < -0.3 is 14.7 Å². The fourth-order valence-corrected chi connectivity index (χ4v) is 2.55. The molecule has 0 spiro atoms. The zero-order valence-electron chi connectivity index (χ0n) is 14.7. The zero-order valence-corrected chi connectivity index (χ0v) is 14.7. The molecular formula is C19H22N4O2. The summed E-state index contributed by atoms with van der Waals surface area (Å²) in [7, 11) is 4.03. The van der Waals surface area contributed by atoms with Gasteiger partial charge in [0.05, 0.1) is 18.5 Å². The van der Waals surface area contributed by atoms with Crippen molar-refractivity contribution < 1.29 is 9.84 Å². The Balaban J connectivity index is 1.82. The number of hydrogen-bond donors (Lipinski definition) is 1. The number of aliphatic hydroxyl groups excluding tert-OH is 1. The molecule has 2 aromatic carbocycles. The molecule has 1 aromatic heterocycles. The lowest BCUT2D eigenvalue weighted by molar-refractivity contribution is 0.200. The van der Waals surface area contributed by atoms with E-state index >= 15 is 0 Å². The van der Waals surface area contributed by atoms with E-state index in [-0.39, 0.29) is 13.2 Å². The highest BCUT2D eigenvalue weighted by Gasteiger charge is 2.08. The highest BCUT2D eigenvalue weighted by molar-refractivity contribution is 5.62. The Morgan fingerprint density at radius 3 is 2.52 bits per heavy atom. The largest absolute Gasteiger partial charge is 0.491 e. The second-order valence-electron chi connectivity index (χ2n) is 6.01. The standard InChI is InChI=1S/C19H22N4O2/c1-14-12-17(8-9-19(14)25-11-10-24)23-13-18(20-21-23)15-4-6-16(7-5-15)22(2)3/h4-9,12-13,24H,10-11H2,1-3H3. The molecule has 0 saturated heterocycles. The number of hydrogen-bond acceptors (Lipinski definition) is 5. The number of nitrogens with zero attached hydrogens (tertiary/aromatic N) is 4. The van der Waals surface area contributed by atoms with Crippen molar-refractivity contribution in [3.05, 3.63) is 54.2 Å². The number of aryl methyl sites for hydroxylation is 1. The van der Waals surface area contributed by atoms with Crippen molar-refractivity contribution in [2.24, 2.45) is 0 Å². The van der Waals surface area contributed by atoms with Crippen molar-refractivity contribution in [1.82, 2.24) is 15.0 Å². The average molecular weight is 338 g/mol. The third kappa shape index (κ3) is 3.80. The number of anilines is 1. The Morgan fingerprint density at radius 1 is 1.12 bits per heavy atom. The van der Waals surface area contributed by atoms with E-state index in [2.05, 4.69) is 27.3 Å². The van der Waals surface area contributed by atoms with Gasteiger partial charge in [0.15, 0.2) is 0 Å². The van der Waals surface area contributed by atoms with Crippen molar-refractivity contribution in [2.45, 2.75) is 6.92 Å². The molecule has 0 bridgehead atoms. The SMILES string of the molecule is Cc1cc(-n2cc(-c3ccc(N(C)C)cc3)nn2)ccc1OCCO. The molecule has 1 heterocycles. The molecule has 3 rings (SSSR count). The smallest absolute Gasteiger partial charge is 0.122 e. The molecule has 0 aliphatic rings. The predicted molar refractivity (Wildman–Crippen MR) is 98.4 cm³/mol. The molecular weight excluding hydrogens is 316 g/mol. The van der Waals surface area contributed by atoms with E-state index in [1.807, 2.05) is 57.5 Å². The van der Waals surface area contributed by atoms with Crippen LogP contribution in [0, 0.1) is 6.92 Å². The highest BCUT2D eigenvalue weighted by Crippen LogP contribution is 2.24. The molecule has 0 aliphatic carbocycles. The maximum Gasteiger partial charge on any atom is 0.122 e. The third-order valence-electron chi connectivity index (χ3n) is 3.94. The number of aliphatic hydroxyl groups is 1. The van der Waals surface area contributed by atoms with Gasteiger partial charge in [0.25, 0.3) is 0 Å². The van der Waals surface area contributed by atoms with E-state index in [0.717, 1.165) is 33.9 Å². The van der Waals surface area contributed by atoms with Crippen LogP contribution in [-0.4, -0.2) is 47.4 Å². The van der Waals surface area contributed by atoms with E-state index in [4.69, 9.17) is 9.84 Å².